The summed E-state index contributed by atoms with van der Waals surface area (Å²) in [6.45, 7) is 4.20. The van der Waals surface area contributed by atoms with Crippen LogP contribution in [0, 0.1) is 29.2 Å². The van der Waals surface area contributed by atoms with Gasteiger partial charge in [-0.1, -0.05) is 13.8 Å². The molecule has 4 nitrogen and oxygen atoms in total. The molecule has 0 radical (unpaired) electrons. The largest absolute Gasteiger partial charge is 0.381 e. The number of aromatic amines is 1. The van der Waals surface area contributed by atoms with E-state index in [0.29, 0.717) is 35.2 Å². The van der Waals surface area contributed by atoms with Gasteiger partial charge in [0.05, 0.1) is 11.1 Å². The van der Waals surface area contributed by atoms with Gasteiger partial charge in [0.1, 0.15) is 23.3 Å². The summed E-state index contributed by atoms with van der Waals surface area (Å²) in [7, 11) is 0. The molecule has 0 fully saturated rings. The first-order chi connectivity index (χ1) is 12.7. The molecule has 0 amide bonds. The van der Waals surface area contributed by atoms with E-state index in [1.54, 1.807) is 0 Å². The van der Waals surface area contributed by atoms with E-state index in [1.807, 2.05) is 0 Å². The highest BCUT2D eigenvalue weighted by molar-refractivity contribution is 5.96. The molecule has 0 bridgehead atoms. The van der Waals surface area contributed by atoms with Gasteiger partial charge in [0.25, 0.3) is 5.56 Å². The maximum atomic E-state index is 13.5. The van der Waals surface area contributed by atoms with Crippen molar-refractivity contribution in [1.29, 1.82) is 0 Å². The van der Waals surface area contributed by atoms with Gasteiger partial charge in [0.2, 0.25) is 0 Å². The van der Waals surface area contributed by atoms with Crippen LogP contribution in [-0.4, -0.2) is 16.2 Å². The quantitative estimate of drug-likeness (QED) is 0.625. The molecule has 1 aliphatic heterocycles. The Labute approximate surface area is 152 Å². The van der Waals surface area contributed by atoms with Crippen LogP contribution < -0.4 is 10.9 Å². The fourth-order valence-electron chi connectivity index (χ4n) is 2.97. The smallest absolute Gasteiger partial charge is 0.272 e. The molecule has 2 heterocycles. The third-order valence-electron chi connectivity index (χ3n) is 4.31. The van der Waals surface area contributed by atoms with E-state index < -0.39 is 23.3 Å². The van der Waals surface area contributed by atoms with Crippen molar-refractivity contribution in [3.05, 3.63) is 69.6 Å². The zero-order valence-electron chi connectivity index (χ0n) is 14.6. The fourth-order valence-corrected chi connectivity index (χ4v) is 2.97. The highest BCUT2D eigenvalue weighted by Gasteiger charge is 2.25. The lowest BCUT2D eigenvalue weighted by atomic mass is 9.92. The van der Waals surface area contributed by atoms with Crippen molar-refractivity contribution >= 4 is 16.5 Å². The monoisotopic (exact) mass is 379 g/mol. The van der Waals surface area contributed by atoms with Gasteiger partial charge in [0, 0.05) is 41.7 Å². The van der Waals surface area contributed by atoms with E-state index in [9.17, 15) is 22.4 Å². The number of hydrogen-bond donors (Lipinski definition) is 2. The Morgan fingerprint density at radius 1 is 0.963 bits per heavy atom. The molecule has 0 saturated heterocycles. The molecular formula is C19H17F4N3O. The van der Waals surface area contributed by atoms with E-state index in [-0.39, 0.29) is 11.6 Å². The molecule has 2 N–H and O–H groups in total. The van der Waals surface area contributed by atoms with Crippen LogP contribution in [0.5, 0.6) is 0 Å². The van der Waals surface area contributed by atoms with Crippen LogP contribution in [0.25, 0.3) is 10.8 Å². The van der Waals surface area contributed by atoms with Gasteiger partial charge in [0.15, 0.2) is 0 Å². The van der Waals surface area contributed by atoms with Crippen LogP contribution in [0.4, 0.5) is 23.2 Å². The minimum atomic E-state index is -0.896. The molecule has 27 heavy (non-hydrogen) atoms. The zero-order chi connectivity index (χ0) is 19.7. The minimum Gasteiger partial charge on any atom is -0.381 e. The number of rotatable bonds is 1. The number of nitrogens with zero attached hydrogens (tertiary/aromatic N) is 1. The second-order valence-corrected chi connectivity index (χ2v) is 6.66. The van der Waals surface area contributed by atoms with Crippen LogP contribution in [-0.2, 0) is 6.42 Å². The fraction of sp³-hybridized carbons (Fsp3) is 0.263. The topological polar surface area (TPSA) is 57.8 Å². The van der Waals surface area contributed by atoms with Crippen molar-refractivity contribution in [2.45, 2.75) is 26.3 Å². The Morgan fingerprint density at radius 2 is 1.52 bits per heavy atom. The summed E-state index contributed by atoms with van der Waals surface area (Å²) in [5.41, 5.74) is 1.15. The van der Waals surface area contributed by atoms with Gasteiger partial charge < -0.3 is 5.32 Å². The highest BCUT2D eigenvalue weighted by Crippen LogP contribution is 2.32. The SMILES string of the molecule is CC(C)C1Cc2n[nH]c(=O)c3cc(F)cc(c23)N1.Fc1cc(F)cc(F)c1. The highest BCUT2D eigenvalue weighted by atomic mass is 19.1. The predicted octanol–water partition coefficient (Wildman–Crippen LogP) is 4.16. The number of H-pyrrole nitrogens is 1. The van der Waals surface area contributed by atoms with Gasteiger partial charge in [-0.3, -0.25) is 4.79 Å². The summed E-state index contributed by atoms with van der Waals surface area (Å²) in [6.07, 6.45) is 0.740. The van der Waals surface area contributed by atoms with Crippen LogP contribution >= 0.6 is 0 Å². The maximum Gasteiger partial charge on any atom is 0.272 e. The Hall–Kier alpha value is -2.90. The van der Waals surface area contributed by atoms with E-state index >= 15 is 0 Å². The maximum absolute atomic E-state index is 13.5. The molecule has 2 aromatic carbocycles. The number of nitrogens with one attached hydrogen (secondary N) is 2. The number of halogens is 4. The molecule has 142 valence electrons. The summed E-state index contributed by atoms with van der Waals surface area (Å²) in [5.74, 6) is -2.69. The van der Waals surface area contributed by atoms with Crippen molar-refractivity contribution < 1.29 is 17.6 Å². The number of aromatic nitrogens is 2. The van der Waals surface area contributed by atoms with Crippen molar-refractivity contribution in [3.63, 3.8) is 0 Å². The van der Waals surface area contributed by atoms with Crippen molar-refractivity contribution in [2.75, 3.05) is 5.32 Å². The summed E-state index contributed by atoms with van der Waals surface area (Å²) < 4.78 is 49.4. The molecule has 1 unspecified atom stereocenters. The third kappa shape index (κ3) is 4.10. The van der Waals surface area contributed by atoms with E-state index in [0.717, 1.165) is 17.5 Å². The lowest BCUT2D eigenvalue weighted by Crippen LogP contribution is -2.32. The first-order valence-corrected chi connectivity index (χ1v) is 8.33. The average Bonchev–Trinajstić information content (AvgIpc) is 2.56. The standard InChI is InChI=1S/C13H14FN3O.C6H3F3/c1-6(2)9-5-11-12-8(13(18)17-16-11)3-7(14)4-10(12)15-9;7-4-1-5(8)3-6(9)2-4/h3-4,6,9,15H,5H2,1-2H3,(H,17,18);1-3H. The molecule has 0 spiro atoms. The molecule has 1 aliphatic rings. The molecule has 8 heteroatoms. The van der Waals surface area contributed by atoms with Gasteiger partial charge in [-0.05, 0) is 18.1 Å². The van der Waals surface area contributed by atoms with Gasteiger partial charge >= 0.3 is 0 Å². The average molecular weight is 379 g/mol. The van der Waals surface area contributed by atoms with Gasteiger partial charge in [-0.25, -0.2) is 22.7 Å². The Bertz CT molecular complexity index is 999. The number of anilines is 1. The lowest BCUT2D eigenvalue weighted by Gasteiger charge is -2.29. The van der Waals surface area contributed by atoms with Crippen molar-refractivity contribution in [1.82, 2.24) is 10.2 Å². The summed E-state index contributed by atoms with van der Waals surface area (Å²) in [6, 6.07) is 4.75. The molecular weight excluding hydrogens is 362 g/mol. The number of benzene rings is 2. The lowest BCUT2D eigenvalue weighted by molar-refractivity contribution is 0.511. The molecule has 3 aromatic rings. The Balaban J connectivity index is 0.000000197. The first kappa shape index (κ1) is 18.9. The van der Waals surface area contributed by atoms with E-state index in [2.05, 4.69) is 29.4 Å². The normalized spacial score (nSPS) is 15.3. The van der Waals surface area contributed by atoms with E-state index in [1.165, 1.54) is 12.1 Å². The summed E-state index contributed by atoms with van der Waals surface area (Å²) >= 11 is 0. The van der Waals surface area contributed by atoms with Crippen LogP contribution in [0.15, 0.2) is 35.1 Å². The van der Waals surface area contributed by atoms with Crippen molar-refractivity contribution in [2.24, 2.45) is 5.92 Å². The number of hydrogen-bond acceptors (Lipinski definition) is 3. The predicted molar refractivity (Wildman–Crippen MR) is 94.6 cm³/mol. The second kappa shape index (κ2) is 7.38. The summed E-state index contributed by atoms with van der Waals surface area (Å²) in [5, 5.41) is 10.9. The van der Waals surface area contributed by atoms with Crippen LogP contribution in [0.3, 0.4) is 0 Å². The Kier molecular flexibility index (Phi) is 5.16. The first-order valence-electron chi connectivity index (χ1n) is 8.33. The Morgan fingerprint density at radius 3 is 2.07 bits per heavy atom. The van der Waals surface area contributed by atoms with Crippen LogP contribution in [0.1, 0.15) is 19.5 Å². The van der Waals surface area contributed by atoms with Gasteiger partial charge in [-0.2, -0.15) is 5.10 Å². The third-order valence-corrected chi connectivity index (χ3v) is 4.31. The molecule has 1 aromatic heterocycles. The minimum absolute atomic E-state index is 0.209. The summed E-state index contributed by atoms with van der Waals surface area (Å²) in [4.78, 5) is 11.7. The van der Waals surface area contributed by atoms with E-state index in [4.69, 9.17) is 0 Å². The molecule has 0 saturated carbocycles. The zero-order valence-corrected chi connectivity index (χ0v) is 14.6. The molecule has 1 atom stereocenters. The van der Waals surface area contributed by atoms with Crippen molar-refractivity contribution in [3.8, 4) is 0 Å². The molecule has 0 aliphatic carbocycles. The second-order valence-electron chi connectivity index (χ2n) is 6.66. The molecule has 4 rings (SSSR count). The van der Waals surface area contributed by atoms with Gasteiger partial charge in [-0.15, -0.1) is 0 Å². The van der Waals surface area contributed by atoms with Crippen LogP contribution in [0.2, 0.25) is 0 Å².